The van der Waals surface area contributed by atoms with Crippen molar-refractivity contribution < 1.29 is 14.3 Å². The molecule has 1 heterocycles. The first-order chi connectivity index (χ1) is 7.42. The van der Waals surface area contributed by atoms with Gasteiger partial charge in [0.05, 0.1) is 13.2 Å². The summed E-state index contributed by atoms with van der Waals surface area (Å²) in [6.07, 6.45) is -0.281. The van der Waals surface area contributed by atoms with Gasteiger partial charge in [-0.3, -0.25) is 0 Å². The number of carbonyl (C=O) groups excluding carboxylic acids is 1. The van der Waals surface area contributed by atoms with E-state index in [1.54, 1.807) is 4.90 Å². The number of ether oxygens (including phenoxy) is 2. The van der Waals surface area contributed by atoms with E-state index in [2.05, 4.69) is 0 Å². The minimum atomic E-state index is -0.456. The first kappa shape index (κ1) is 13.3. The maximum absolute atomic E-state index is 11.8. The second-order valence-electron chi connectivity index (χ2n) is 5.10. The summed E-state index contributed by atoms with van der Waals surface area (Å²) in [5, 5.41) is 0. The molecule has 16 heavy (non-hydrogen) atoms. The van der Waals surface area contributed by atoms with Crippen molar-refractivity contribution in [2.45, 2.75) is 26.4 Å². The minimum absolute atomic E-state index is 0.204. The third-order valence-electron chi connectivity index (χ3n) is 2.32. The molecule has 94 valence electrons. The van der Waals surface area contributed by atoms with Gasteiger partial charge in [-0.05, 0) is 27.3 Å². The zero-order chi connectivity index (χ0) is 12.2. The fourth-order valence-corrected chi connectivity index (χ4v) is 1.52. The van der Waals surface area contributed by atoms with E-state index in [1.165, 1.54) is 0 Å². The van der Waals surface area contributed by atoms with Crippen molar-refractivity contribution in [2.75, 3.05) is 32.8 Å². The maximum Gasteiger partial charge on any atom is 0.410 e. The molecule has 5 heteroatoms. The van der Waals surface area contributed by atoms with E-state index in [0.29, 0.717) is 32.8 Å². The third-order valence-corrected chi connectivity index (χ3v) is 2.32. The summed E-state index contributed by atoms with van der Waals surface area (Å²) < 4.78 is 10.7. The van der Waals surface area contributed by atoms with Gasteiger partial charge in [0.25, 0.3) is 0 Å². The Morgan fingerprint density at radius 1 is 1.56 bits per heavy atom. The van der Waals surface area contributed by atoms with Crippen molar-refractivity contribution in [1.29, 1.82) is 0 Å². The van der Waals surface area contributed by atoms with Crippen molar-refractivity contribution >= 4 is 6.09 Å². The molecule has 0 radical (unpaired) electrons. The van der Waals surface area contributed by atoms with Crippen molar-refractivity contribution in [1.82, 2.24) is 4.90 Å². The van der Waals surface area contributed by atoms with Gasteiger partial charge in [0.15, 0.2) is 0 Å². The monoisotopic (exact) mass is 230 g/mol. The summed E-state index contributed by atoms with van der Waals surface area (Å²) >= 11 is 0. The van der Waals surface area contributed by atoms with Crippen LogP contribution in [0.25, 0.3) is 0 Å². The highest BCUT2D eigenvalue weighted by molar-refractivity contribution is 5.68. The first-order valence-corrected chi connectivity index (χ1v) is 5.68. The molecule has 0 saturated carbocycles. The Bertz CT molecular complexity index is 238. The topological polar surface area (TPSA) is 64.8 Å². The van der Waals surface area contributed by atoms with E-state index in [1.807, 2.05) is 20.8 Å². The summed E-state index contributed by atoms with van der Waals surface area (Å²) in [4.78, 5) is 13.5. The van der Waals surface area contributed by atoms with Crippen LogP contribution in [0.3, 0.4) is 0 Å². The van der Waals surface area contributed by atoms with E-state index in [-0.39, 0.29) is 12.0 Å². The van der Waals surface area contributed by atoms with Crippen LogP contribution in [0, 0.1) is 5.92 Å². The van der Waals surface area contributed by atoms with Gasteiger partial charge >= 0.3 is 6.09 Å². The number of nitrogens with zero attached hydrogens (tertiary/aromatic N) is 1. The standard InChI is InChI=1S/C11H22N2O3/c1-11(2,3)16-10(14)13-4-5-15-8-9(6-12)7-13/h9H,4-8,12H2,1-3H3/t9-/m1/s1. The van der Waals surface area contributed by atoms with Crippen molar-refractivity contribution in [3.05, 3.63) is 0 Å². The first-order valence-electron chi connectivity index (χ1n) is 5.68. The van der Waals surface area contributed by atoms with Crippen LogP contribution in [-0.4, -0.2) is 49.4 Å². The number of hydrogen-bond acceptors (Lipinski definition) is 4. The SMILES string of the molecule is CC(C)(C)OC(=O)N1CCOC[C@H](CN)C1. The summed E-state index contributed by atoms with van der Waals surface area (Å²) in [6, 6.07) is 0. The molecule has 0 aliphatic carbocycles. The molecule has 0 aromatic rings. The average molecular weight is 230 g/mol. The lowest BCUT2D eigenvalue weighted by Crippen LogP contribution is -2.41. The predicted molar refractivity (Wildman–Crippen MR) is 61.2 cm³/mol. The molecule has 0 unspecified atom stereocenters. The lowest BCUT2D eigenvalue weighted by atomic mass is 10.1. The molecule has 1 saturated heterocycles. The van der Waals surface area contributed by atoms with Crippen molar-refractivity contribution in [2.24, 2.45) is 11.7 Å². The Morgan fingerprint density at radius 2 is 2.25 bits per heavy atom. The van der Waals surface area contributed by atoms with Gasteiger partial charge in [0.2, 0.25) is 0 Å². The van der Waals surface area contributed by atoms with Crippen LogP contribution in [0.2, 0.25) is 0 Å². The van der Waals surface area contributed by atoms with Crippen molar-refractivity contribution in [3.8, 4) is 0 Å². The third kappa shape index (κ3) is 4.37. The summed E-state index contributed by atoms with van der Waals surface area (Å²) in [5.74, 6) is 0.204. The highest BCUT2D eigenvalue weighted by Crippen LogP contribution is 2.13. The molecule has 1 amide bonds. The largest absolute Gasteiger partial charge is 0.444 e. The average Bonchev–Trinajstić information content (AvgIpc) is 2.39. The molecule has 0 spiro atoms. The Balaban J connectivity index is 2.53. The zero-order valence-corrected chi connectivity index (χ0v) is 10.4. The van der Waals surface area contributed by atoms with Gasteiger partial charge in [-0.2, -0.15) is 0 Å². The van der Waals surface area contributed by atoms with E-state index < -0.39 is 5.60 Å². The Kier molecular flexibility index (Phi) is 4.56. The minimum Gasteiger partial charge on any atom is -0.444 e. The van der Waals surface area contributed by atoms with Crippen LogP contribution in [0.5, 0.6) is 0 Å². The number of hydrogen-bond donors (Lipinski definition) is 1. The fraction of sp³-hybridized carbons (Fsp3) is 0.909. The molecule has 0 aromatic carbocycles. The molecule has 5 nitrogen and oxygen atoms in total. The second-order valence-corrected chi connectivity index (χ2v) is 5.10. The Hall–Kier alpha value is -0.810. The molecule has 1 fully saturated rings. The molecule has 1 aliphatic rings. The van der Waals surface area contributed by atoms with E-state index in [4.69, 9.17) is 15.2 Å². The van der Waals surface area contributed by atoms with Gasteiger partial charge in [0.1, 0.15) is 5.60 Å². The van der Waals surface area contributed by atoms with Crippen LogP contribution in [0.4, 0.5) is 4.79 Å². The maximum atomic E-state index is 11.8. The van der Waals surface area contributed by atoms with Crippen molar-refractivity contribution in [3.63, 3.8) is 0 Å². The number of nitrogens with two attached hydrogens (primary N) is 1. The highest BCUT2D eigenvalue weighted by Gasteiger charge is 2.25. The molecule has 0 aromatic heterocycles. The quantitative estimate of drug-likeness (QED) is 0.724. The Labute approximate surface area is 96.9 Å². The predicted octanol–water partition coefficient (Wildman–Crippen LogP) is 0.829. The van der Waals surface area contributed by atoms with Crippen LogP contribution < -0.4 is 5.73 Å². The number of amides is 1. The van der Waals surface area contributed by atoms with Crippen LogP contribution >= 0.6 is 0 Å². The molecule has 2 N–H and O–H groups in total. The number of rotatable bonds is 1. The fourth-order valence-electron chi connectivity index (χ4n) is 1.52. The van der Waals surface area contributed by atoms with E-state index in [0.717, 1.165) is 0 Å². The smallest absolute Gasteiger partial charge is 0.410 e. The van der Waals surface area contributed by atoms with Gasteiger partial charge < -0.3 is 20.1 Å². The van der Waals surface area contributed by atoms with Gasteiger partial charge in [0, 0.05) is 19.0 Å². The lowest BCUT2D eigenvalue weighted by Gasteiger charge is -2.27. The second kappa shape index (κ2) is 5.50. The molecule has 1 atom stereocenters. The van der Waals surface area contributed by atoms with Gasteiger partial charge in [-0.25, -0.2) is 4.79 Å². The van der Waals surface area contributed by atoms with Gasteiger partial charge in [-0.1, -0.05) is 0 Å². The highest BCUT2D eigenvalue weighted by atomic mass is 16.6. The molecule has 1 rings (SSSR count). The molecular formula is C11H22N2O3. The normalized spacial score (nSPS) is 22.8. The number of carbonyl (C=O) groups is 1. The summed E-state index contributed by atoms with van der Waals surface area (Å²) in [7, 11) is 0. The molecule has 1 aliphatic heterocycles. The molecular weight excluding hydrogens is 208 g/mol. The molecule has 0 bridgehead atoms. The van der Waals surface area contributed by atoms with Crippen LogP contribution in [-0.2, 0) is 9.47 Å². The summed E-state index contributed by atoms with van der Waals surface area (Å²) in [6.45, 7) is 8.47. The van der Waals surface area contributed by atoms with Crippen LogP contribution in [0.1, 0.15) is 20.8 Å². The summed E-state index contributed by atoms with van der Waals surface area (Å²) in [5.41, 5.74) is 5.15. The van der Waals surface area contributed by atoms with Gasteiger partial charge in [-0.15, -0.1) is 0 Å². The zero-order valence-electron chi connectivity index (χ0n) is 10.4. The lowest BCUT2D eigenvalue weighted by molar-refractivity contribution is 0.0234. The van der Waals surface area contributed by atoms with Crippen LogP contribution in [0.15, 0.2) is 0 Å². The van der Waals surface area contributed by atoms with E-state index >= 15 is 0 Å². The van der Waals surface area contributed by atoms with E-state index in [9.17, 15) is 4.79 Å². The Morgan fingerprint density at radius 3 is 2.81 bits per heavy atom.